The topological polar surface area (TPSA) is 64.3 Å². The molecule has 1 heterocycles. The Bertz CT molecular complexity index is 607. The van der Waals surface area contributed by atoms with E-state index in [0.29, 0.717) is 0 Å². The van der Waals surface area contributed by atoms with Gasteiger partial charge < -0.3 is 9.84 Å². The molecule has 0 saturated heterocycles. The Balaban J connectivity index is 2.59. The van der Waals surface area contributed by atoms with Crippen molar-refractivity contribution in [3.63, 3.8) is 0 Å². The number of hydrogen-bond acceptors (Lipinski definition) is 4. The summed E-state index contributed by atoms with van der Waals surface area (Å²) in [4.78, 5) is 11.4. The molecule has 0 unspecified atom stereocenters. The highest BCUT2D eigenvalue weighted by Crippen LogP contribution is 2.31. The Morgan fingerprint density at radius 3 is 2.72 bits per heavy atom. The smallest absolute Gasteiger partial charge is 0.340 e. The largest absolute Gasteiger partial charge is 0.493 e. The van der Waals surface area contributed by atoms with Crippen LogP contribution in [0.5, 0.6) is 5.88 Å². The molecular weight excluding hydrogens is 239 g/mol. The Kier molecular flexibility index (Phi) is 3.01. The van der Waals surface area contributed by atoms with Crippen molar-refractivity contribution < 1.29 is 19.0 Å². The maximum absolute atomic E-state index is 14.1. The maximum atomic E-state index is 14.1. The molecule has 94 valence electrons. The SMILES string of the molecule is COC(=O)c1cccc(-c2cnn(C)c2O)c1F. The van der Waals surface area contributed by atoms with Gasteiger partial charge in [0.25, 0.3) is 0 Å². The summed E-state index contributed by atoms with van der Waals surface area (Å²) >= 11 is 0. The van der Waals surface area contributed by atoms with Gasteiger partial charge in [-0.1, -0.05) is 12.1 Å². The molecule has 2 aromatic rings. The summed E-state index contributed by atoms with van der Waals surface area (Å²) in [5.74, 6) is -1.68. The molecule has 18 heavy (non-hydrogen) atoms. The van der Waals surface area contributed by atoms with Crippen LogP contribution in [0.1, 0.15) is 10.4 Å². The molecule has 0 bridgehead atoms. The van der Waals surface area contributed by atoms with Gasteiger partial charge >= 0.3 is 5.97 Å². The van der Waals surface area contributed by atoms with Gasteiger partial charge in [-0.05, 0) is 6.07 Å². The molecule has 0 aliphatic carbocycles. The van der Waals surface area contributed by atoms with Crippen LogP contribution in [-0.2, 0) is 11.8 Å². The van der Waals surface area contributed by atoms with Crippen LogP contribution in [0.3, 0.4) is 0 Å². The number of carbonyl (C=O) groups is 1. The van der Waals surface area contributed by atoms with E-state index in [0.717, 1.165) is 0 Å². The number of aromatic hydroxyl groups is 1. The summed E-state index contributed by atoms with van der Waals surface area (Å²) in [6.45, 7) is 0. The van der Waals surface area contributed by atoms with Crippen LogP contribution in [0.4, 0.5) is 4.39 Å². The second kappa shape index (κ2) is 4.48. The summed E-state index contributed by atoms with van der Waals surface area (Å²) in [6, 6.07) is 4.29. The molecule has 1 aromatic carbocycles. The molecule has 0 radical (unpaired) electrons. The molecule has 0 saturated carbocycles. The first-order valence-electron chi connectivity index (χ1n) is 5.14. The molecule has 0 amide bonds. The first kappa shape index (κ1) is 12.1. The summed E-state index contributed by atoms with van der Waals surface area (Å²) in [6.07, 6.45) is 1.33. The van der Waals surface area contributed by atoms with Gasteiger partial charge in [0.05, 0.1) is 24.4 Å². The molecule has 0 spiro atoms. The predicted octanol–water partition coefficient (Wildman–Crippen LogP) is 1.72. The van der Waals surface area contributed by atoms with E-state index in [-0.39, 0.29) is 22.6 Å². The molecule has 1 N–H and O–H groups in total. The van der Waals surface area contributed by atoms with E-state index in [4.69, 9.17) is 0 Å². The third-order valence-electron chi connectivity index (χ3n) is 2.60. The molecule has 0 aliphatic rings. The van der Waals surface area contributed by atoms with E-state index in [1.807, 2.05) is 0 Å². The van der Waals surface area contributed by atoms with Gasteiger partial charge in [0.2, 0.25) is 5.88 Å². The van der Waals surface area contributed by atoms with Crippen molar-refractivity contribution in [2.45, 2.75) is 0 Å². The Morgan fingerprint density at radius 2 is 2.17 bits per heavy atom. The maximum Gasteiger partial charge on any atom is 0.340 e. The standard InChI is InChI=1S/C12H11FN2O3/c1-15-11(16)9(6-14-15)7-4-3-5-8(10(7)13)12(17)18-2/h3-6,16H,1-2H3. The fraction of sp³-hybridized carbons (Fsp3) is 0.167. The van der Waals surface area contributed by atoms with Gasteiger partial charge in [-0.25, -0.2) is 13.9 Å². The number of benzene rings is 1. The minimum atomic E-state index is -0.766. The van der Waals surface area contributed by atoms with Crippen LogP contribution < -0.4 is 0 Å². The van der Waals surface area contributed by atoms with E-state index in [1.54, 1.807) is 0 Å². The van der Waals surface area contributed by atoms with Gasteiger partial charge in [-0.3, -0.25) is 0 Å². The van der Waals surface area contributed by atoms with Crippen LogP contribution in [0.15, 0.2) is 24.4 Å². The number of rotatable bonds is 2. The Labute approximate surface area is 102 Å². The van der Waals surface area contributed by atoms with Crippen molar-refractivity contribution in [2.24, 2.45) is 7.05 Å². The number of aromatic nitrogens is 2. The number of aryl methyl sites for hydroxylation is 1. The summed E-state index contributed by atoms with van der Waals surface area (Å²) < 4.78 is 19.8. The summed E-state index contributed by atoms with van der Waals surface area (Å²) in [5.41, 5.74) is 0.141. The molecule has 0 atom stereocenters. The predicted molar refractivity (Wildman–Crippen MR) is 61.6 cm³/mol. The molecule has 5 nitrogen and oxygen atoms in total. The van der Waals surface area contributed by atoms with E-state index >= 15 is 0 Å². The van der Waals surface area contributed by atoms with Crippen molar-refractivity contribution in [3.05, 3.63) is 35.8 Å². The van der Waals surface area contributed by atoms with Crippen LogP contribution in [0.25, 0.3) is 11.1 Å². The lowest BCUT2D eigenvalue weighted by molar-refractivity contribution is 0.0595. The first-order chi connectivity index (χ1) is 8.56. The van der Waals surface area contributed by atoms with Gasteiger partial charge in [0.15, 0.2) is 0 Å². The highest BCUT2D eigenvalue weighted by atomic mass is 19.1. The van der Waals surface area contributed by atoms with Crippen LogP contribution in [0.2, 0.25) is 0 Å². The van der Waals surface area contributed by atoms with E-state index in [9.17, 15) is 14.3 Å². The quantitative estimate of drug-likeness (QED) is 0.824. The monoisotopic (exact) mass is 250 g/mol. The Morgan fingerprint density at radius 1 is 1.44 bits per heavy atom. The number of ether oxygens (including phenoxy) is 1. The zero-order valence-corrected chi connectivity index (χ0v) is 9.85. The lowest BCUT2D eigenvalue weighted by Crippen LogP contribution is -2.05. The second-order valence-corrected chi connectivity index (χ2v) is 3.66. The normalized spacial score (nSPS) is 10.4. The highest BCUT2D eigenvalue weighted by Gasteiger charge is 2.19. The number of methoxy groups -OCH3 is 1. The fourth-order valence-corrected chi connectivity index (χ4v) is 1.63. The zero-order valence-electron chi connectivity index (χ0n) is 9.85. The molecule has 2 rings (SSSR count). The van der Waals surface area contributed by atoms with Crippen molar-refractivity contribution in [1.82, 2.24) is 9.78 Å². The van der Waals surface area contributed by atoms with Crippen molar-refractivity contribution in [3.8, 4) is 17.0 Å². The van der Waals surface area contributed by atoms with E-state index in [1.165, 1.54) is 43.2 Å². The molecule has 6 heteroatoms. The molecular formula is C12H11FN2O3. The summed E-state index contributed by atoms with van der Waals surface area (Å²) in [7, 11) is 2.71. The number of hydrogen-bond donors (Lipinski definition) is 1. The average Bonchev–Trinajstić information content (AvgIpc) is 2.70. The minimum Gasteiger partial charge on any atom is -0.493 e. The number of carbonyl (C=O) groups excluding carboxylic acids is 1. The number of nitrogens with zero attached hydrogens (tertiary/aromatic N) is 2. The molecule has 1 aromatic heterocycles. The Hall–Kier alpha value is -2.37. The van der Waals surface area contributed by atoms with Crippen LogP contribution in [0, 0.1) is 5.82 Å². The van der Waals surface area contributed by atoms with E-state index < -0.39 is 11.8 Å². The number of halogens is 1. The second-order valence-electron chi connectivity index (χ2n) is 3.66. The van der Waals surface area contributed by atoms with Crippen molar-refractivity contribution >= 4 is 5.97 Å². The van der Waals surface area contributed by atoms with E-state index in [2.05, 4.69) is 9.84 Å². The average molecular weight is 250 g/mol. The highest BCUT2D eigenvalue weighted by molar-refractivity contribution is 5.91. The van der Waals surface area contributed by atoms with Gasteiger partial charge in [-0.2, -0.15) is 5.10 Å². The van der Waals surface area contributed by atoms with Gasteiger partial charge in [-0.15, -0.1) is 0 Å². The molecule has 0 aliphatic heterocycles. The minimum absolute atomic E-state index is 0.100. The zero-order chi connectivity index (χ0) is 13.3. The number of esters is 1. The summed E-state index contributed by atoms with van der Waals surface area (Å²) in [5, 5.41) is 13.5. The van der Waals surface area contributed by atoms with Crippen molar-refractivity contribution in [2.75, 3.05) is 7.11 Å². The van der Waals surface area contributed by atoms with Gasteiger partial charge in [0.1, 0.15) is 5.82 Å². The van der Waals surface area contributed by atoms with Crippen LogP contribution >= 0.6 is 0 Å². The fourth-order valence-electron chi connectivity index (χ4n) is 1.63. The lowest BCUT2D eigenvalue weighted by Gasteiger charge is -2.06. The third kappa shape index (κ3) is 1.81. The first-order valence-corrected chi connectivity index (χ1v) is 5.14. The van der Waals surface area contributed by atoms with Gasteiger partial charge in [0, 0.05) is 12.6 Å². The van der Waals surface area contributed by atoms with Crippen molar-refractivity contribution in [1.29, 1.82) is 0 Å². The lowest BCUT2D eigenvalue weighted by atomic mass is 10.0. The third-order valence-corrected chi connectivity index (χ3v) is 2.60. The van der Waals surface area contributed by atoms with Crippen LogP contribution in [-0.4, -0.2) is 28.0 Å². The molecule has 0 fully saturated rings.